The van der Waals surface area contributed by atoms with E-state index < -0.39 is 0 Å². The molecule has 0 radical (unpaired) electrons. The third-order valence-corrected chi connectivity index (χ3v) is 5.99. The lowest BCUT2D eigenvalue weighted by Crippen LogP contribution is -2.47. The van der Waals surface area contributed by atoms with Crippen LogP contribution in [0.15, 0.2) is 4.99 Å². The van der Waals surface area contributed by atoms with Gasteiger partial charge in [0, 0.05) is 26.7 Å². The van der Waals surface area contributed by atoms with Crippen molar-refractivity contribution in [1.29, 1.82) is 0 Å². The van der Waals surface area contributed by atoms with Gasteiger partial charge in [0.15, 0.2) is 5.96 Å². The fraction of sp³-hybridized carbons (Fsp3) is 0.857. The first-order valence-corrected chi connectivity index (χ1v) is 10.8. The fourth-order valence-corrected chi connectivity index (χ4v) is 4.44. The number of nitrogens with one attached hydrogen (secondary N) is 2. The van der Waals surface area contributed by atoms with E-state index in [1.807, 2.05) is 27.9 Å². The first-order valence-electron chi connectivity index (χ1n) is 10.8. The van der Waals surface area contributed by atoms with Crippen LogP contribution in [0.1, 0.15) is 65.2 Å². The Morgan fingerprint density at radius 2 is 1.75 bits per heavy atom. The molecule has 2 N–H and O–H groups in total. The summed E-state index contributed by atoms with van der Waals surface area (Å²) in [5.74, 6) is 0.934. The molecule has 28 heavy (non-hydrogen) atoms. The Labute approximate surface area is 169 Å². The van der Waals surface area contributed by atoms with Crippen molar-refractivity contribution >= 4 is 17.8 Å². The molecule has 2 saturated carbocycles. The van der Waals surface area contributed by atoms with Crippen LogP contribution in [0.3, 0.4) is 0 Å². The SMILES string of the molecule is CCNC(=NCC1(C(=O)N(C)C)CCCC1)NC1CCC(C(=O)OCC)CC1. The van der Waals surface area contributed by atoms with Gasteiger partial charge in [0.05, 0.1) is 24.5 Å². The molecule has 0 spiro atoms. The number of nitrogens with zero attached hydrogens (tertiary/aromatic N) is 2. The lowest BCUT2D eigenvalue weighted by Gasteiger charge is -2.31. The van der Waals surface area contributed by atoms with E-state index in [2.05, 4.69) is 10.6 Å². The highest BCUT2D eigenvalue weighted by Crippen LogP contribution is 2.39. The number of ether oxygens (including phenoxy) is 1. The number of aliphatic imine (C=N–C) groups is 1. The van der Waals surface area contributed by atoms with Crippen molar-refractivity contribution in [2.45, 2.75) is 71.3 Å². The summed E-state index contributed by atoms with van der Waals surface area (Å²) in [7, 11) is 3.66. The summed E-state index contributed by atoms with van der Waals surface area (Å²) in [4.78, 5) is 31.2. The van der Waals surface area contributed by atoms with Gasteiger partial charge in [0.2, 0.25) is 5.91 Å². The molecule has 2 aliphatic rings. The Morgan fingerprint density at radius 3 is 2.29 bits per heavy atom. The van der Waals surface area contributed by atoms with Gasteiger partial charge in [0.25, 0.3) is 0 Å². The molecule has 160 valence electrons. The van der Waals surface area contributed by atoms with Gasteiger partial charge in [-0.1, -0.05) is 12.8 Å². The zero-order chi connectivity index (χ0) is 20.6. The van der Waals surface area contributed by atoms with Crippen molar-refractivity contribution in [3.05, 3.63) is 0 Å². The number of guanidine groups is 1. The van der Waals surface area contributed by atoms with Crippen LogP contribution >= 0.6 is 0 Å². The molecular formula is C21H38N4O3. The molecule has 2 aliphatic carbocycles. The monoisotopic (exact) mass is 394 g/mol. The van der Waals surface area contributed by atoms with Gasteiger partial charge in [-0.05, 0) is 52.4 Å². The van der Waals surface area contributed by atoms with Crippen LogP contribution in [0, 0.1) is 11.3 Å². The van der Waals surface area contributed by atoms with Crippen LogP contribution in [0.4, 0.5) is 0 Å². The summed E-state index contributed by atoms with van der Waals surface area (Å²) in [5, 5.41) is 6.84. The fourth-order valence-electron chi connectivity index (χ4n) is 4.44. The summed E-state index contributed by atoms with van der Waals surface area (Å²) < 4.78 is 5.15. The van der Waals surface area contributed by atoms with Crippen molar-refractivity contribution in [3.63, 3.8) is 0 Å². The molecular weight excluding hydrogens is 356 g/mol. The van der Waals surface area contributed by atoms with Crippen molar-refractivity contribution in [2.24, 2.45) is 16.3 Å². The standard InChI is InChI=1S/C21H38N4O3/c1-5-22-20(23-15-21(13-7-8-14-21)19(27)25(3)4)24-17-11-9-16(10-12-17)18(26)28-6-2/h16-17H,5-15H2,1-4H3,(H2,22,23,24). The van der Waals surface area contributed by atoms with Crippen LogP contribution in [0.2, 0.25) is 0 Å². The van der Waals surface area contributed by atoms with Crippen molar-refractivity contribution in [2.75, 3.05) is 33.8 Å². The minimum absolute atomic E-state index is 0.0250. The largest absolute Gasteiger partial charge is 0.466 e. The molecule has 0 aliphatic heterocycles. The zero-order valence-corrected chi connectivity index (χ0v) is 18.1. The van der Waals surface area contributed by atoms with E-state index in [1.165, 1.54) is 0 Å². The predicted molar refractivity (Wildman–Crippen MR) is 111 cm³/mol. The second kappa shape index (κ2) is 10.7. The van der Waals surface area contributed by atoms with E-state index in [1.54, 1.807) is 4.90 Å². The van der Waals surface area contributed by atoms with E-state index in [-0.39, 0.29) is 23.2 Å². The van der Waals surface area contributed by atoms with Gasteiger partial charge in [-0.2, -0.15) is 0 Å². The summed E-state index contributed by atoms with van der Waals surface area (Å²) in [6.07, 6.45) is 7.56. The Balaban J connectivity index is 1.95. The molecule has 7 heteroatoms. The number of hydrogen-bond acceptors (Lipinski definition) is 4. The third kappa shape index (κ3) is 5.85. The zero-order valence-electron chi connectivity index (χ0n) is 18.1. The van der Waals surface area contributed by atoms with E-state index in [9.17, 15) is 9.59 Å². The van der Waals surface area contributed by atoms with Crippen LogP contribution in [-0.4, -0.2) is 62.6 Å². The van der Waals surface area contributed by atoms with Gasteiger partial charge < -0.3 is 20.3 Å². The van der Waals surface area contributed by atoms with E-state index >= 15 is 0 Å². The average molecular weight is 395 g/mol. The number of hydrogen-bond donors (Lipinski definition) is 2. The lowest BCUT2D eigenvalue weighted by molar-refractivity contribution is -0.149. The molecule has 0 unspecified atom stereocenters. The van der Waals surface area contributed by atoms with Gasteiger partial charge in [0.1, 0.15) is 0 Å². The average Bonchev–Trinajstić information content (AvgIpc) is 3.16. The first-order chi connectivity index (χ1) is 13.4. The Bertz CT molecular complexity index is 548. The molecule has 0 aromatic rings. The molecule has 2 rings (SSSR count). The summed E-state index contributed by atoms with van der Waals surface area (Å²) in [6, 6.07) is 0.299. The Hall–Kier alpha value is -1.79. The van der Waals surface area contributed by atoms with E-state index in [0.717, 1.165) is 63.9 Å². The second-order valence-corrected chi connectivity index (χ2v) is 8.33. The van der Waals surface area contributed by atoms with Crippen LogP contribution < -0.4 is 10.6 Å². The molecule has 2 fully saturated rings. The second-order valence-electron chi connectivity index (χ2n) is 8.33. The number of rotatable bonds is 7. The van der Waals surface area contributed by atoms with Gasteiger partial charge >= 0.3 is 5.97 Å². The number of carbonyl (C=O) groups excluding carboxylic acids is 2. The maximum Gasteiger partial charge on any atom is 0.308 e. The van der Waals surface area contributed by atoms with Gasteiger partial charge in [-0.3, -0.25) is 14.6 Å². The number of carbonyl (C=O) groups is 2. The maximum atomic E-state index is 12.8. The van der Waals surface area contributed by atoms with Crippen LogP contribution in [-0.2, 0) is 14.3 Å². The van der Waals surface area contributed by atoms with Crippen molar-refractivity contribution in [3.8, 4) is 0 Å². The predicted octanol–water partition coefficient (Wildman–Crippen LogP) is 2.31. The molecule has 0 aromatic heterocycles. The third-order valence-electron chi connectivity index (χ3n) is 5.99. The van der Waals surface area contributed by atoms with E-state index in [0.29, 0.717) is 19.2 Å². The van der Waals surface area contributed by atoms with Crippen molar-refractivity contribution < 1.29 is 14.3 Å². The van der Waals surface area contributed by atoms with Crippen LogP contribution in [0.25, 0.3) is 0 Å². The highest BCUT2D eigenvalue weighted by atomic mass is 16.5. The van der Waals surface area contributed by atoms with Crippen molar-refractivity contribution in [1.82, 2.24) is 15.5 Å². The summed E-state index contributed by atoms with van der Waals surface area (Å²) >= 11 is 0. The first kappa shape index (κ1) is 22.5. The summed E-state index contributed by atoms with van der Waals surface area (Å²) in [5.41, 5.74) is -0.354. The topological polar surface area (TPSA) is 83.0 Å². The molecule has 0 saturated heterocycles. The normalized spacial score (nSPS) is 24.5. The highest BCUT2D eigenvalue weighted by molar-refractivity contribution is 5.84. The van der Waals surface area contributed by atoms with Gasteiger partial charge in [-0.25, -0.2) is 0 Å². The molecule has 0 heterocycles. The maximum absolute atomic E-state index is 12.8. The molecule has 1 amide bonds. The number of amides is 1. The molecule has 7 nitrogen and oxygen atoms in total. The highest BCUT2D eigenvalue weighted by Gasteiger charge is 2.42. The molecule has 0 atom stereocenters. The Kier molecular flexibility index (Phi) is 8.58. The smallest absolute Gasteiger partial charge is 0.308 e. The minimum Gasteiger partial charge on any atom is -0.466 e. The van der Waals surface area contributed by atoms with Crippen LogP contribution in [0.5, 0.6) is 0 Å². The quantitative estimate of drug-likeness (QED) is 0.393. The Morgan fingerprint density at radius 1 is 1.11 bits per heavy atom. The molecule has 0 bridgehead atoms. The molecule has 0 aromatic carbocycles. The van der Waals surface area contributed by atoms with Gasteiger partial charge in [-0.15, -0.1) is 0 Å². The summed E-state index contributed by atoms with van der Waals surface area (Å²) in [6.45, 7) is 5.64. The number of esters is 1. The van der Waals surface area contributed by atoms with E-state index in [4.69, 9.17) is 9.73 Å². The lowest BCUT2D eigenvalue weighted by atomic mass is 9.84. The minimum atomic E-state index is -0.354.